The van der Waals surface area contributed by atoms with Crippen LogP contribution in [0.25, 0.3) is 16.5 Å². The molecule has 0 aliphatic carbocycles. The van der Waals surface area contributed by atoms with Gasteiger partial charge in [0, 0.05) is 28.6 Å². The third-order valence-corrected chi connectivity index (χ3v) is 4.12. The van der Waals surface area contributed by atoms with Crippen LogP contribution >= 0.6 is 0 Å². The summed E-state index contributed by atoms with van der Waals surface area (Å²) < 4.78 is 29.7. The monoisotopic (exact) mass is 370 g/mol. The predicted molar refractivity (Wildman–Crippen MR) is 99.5 cm³/mol. The summed E-state index contributed by atoms with van der Waals surface area (Å²) in [6, 6.07) is 9.24. The van der Waals surface area contributed by atoms with E-state index in [0.29, 0.717) is 33.6 Å². The number of allylic oxidation sites excluding steroid dienone is 1. The van der Waals surface area contributed by atoms with E-state index >= 15 is 0 Å². The topological polar surface area (TPSA) is 68.9 Å². The quantitative estimate of drug-likeness (QED) is 0.646. The molecule has 3 aromatic rings. The van der Waals surface area contributed by atoms with Gasteiger partial charge in [0.25, 0.3) is 6.01 Å². The molecule has 0 bridgehead atoms. The van der Waals surface area contributed by atoms with Crippen LogP contribution in [0, 0.1) is 6.01 Å². The van der Waals surface area contributed by atoms with Gasteiger partial charge in [-0.1, -0.05) is 12.6 Å². The number of furan rings is 1. The van der Waals surface area contributed by atoms with Crippen LogP contribution in [0.3, 0.4) is 0 Å². The molecule has 0 aliphatic rings. The zero-order valence-corrected chi connectivity index (χ0v) is 15.0. The van der Waals surface area contributed by atoms with Gasteiger partial charge in [0.2, 0.25) is 0 Å². The van der Waals surface area contributed by atoms with Crippen LogP contribution in [0.5, 0.6) is 11.5 Å². The highest BCUT2D eigenvalue weighted by atomic mass is 19.1. The SMILES string of the molecule is C=C(C)c1cc(COc2cc(OC)ccc2CC(=O)O)cc2cc(F)oc12. The molecule has 0 saturated carbocycles. The van der Waals surface area contributed by atoms with Gasteiger partial charge in [-0.25, -0.2) is 0 Å². The molecule has 0 atom stereocenters. The van der Waals surface area contributed by atoms with Gasteiger partial charge in [-0.2, -0.15) is 4.39 Å². The number of carboxylic acid groups (broad SMARTS) is 1. The molecule has 0 amide bonds. The molecule has 3 rings (SSSR count). The minimum atomic E-state index is -0.954. The van der Waals surface area contributed by atoms with E-state index < -0.39 is 12.0 Å². The Morgan fingerprint density at radius 1 is 1.26 bits per heavy atom. The van der Waals surface area contributed by atoms with Crippen LogP contribution in [-0.2, 0) is 17.8 Å². The summed E-state index contributed by atoms with van der Waals surface area (Å²) in [6.07, 6.45) is -0.164. The lowest BCUT2D eigenvalue weighted by Crippen LogP contribution is -2.05. The first kappa shape index (κ1) is 18.5. The second kappa shape index (κ2) is 7.53. The van der Waals surface area contributed by atoms with E-state index in [4.69, 9.17) is 19.0 Å². The lowest BCUT2D eigenvalue weighted by molar-refractivity contribution is -0.136. The van der Waals surface area contributed by atoms with E-state index in [1.54, 1.807) is 24.3 Å². The van der Waals surface area contributed by atoms with E-state index in [2.05, 4.69) is 6.58 Å². The Balaban J connectivity index is 1.92. The minimum Gasteiger partial charge on any atom is -0.497 e. The van der Waals surface area contributed by atoms with Gasteiger partial charge in [0.05, 0.1) is 13.5 Å². The zero-order chi connectivity index (χ0) is 19.6. The number of aliphatic carboxylic acids is 1. The zero-order valence-electron chi connectivity index (χ0n) is 15.0. The second-order valence-electron chi connectivity index (χ2n) is 6.23. The molecule has 1 heterocycles. The van der Waals surface area contributed by atoms with Crippen molar-refractivity contribution in [2.45, 2.75) is 20.0 Å². The molecule has 5 nitrogen and oxygen atoms in total. The van der Waals surface area contributed by atoms with Crippen LogP contribution in [0.2, 0.25) is 0 Å². The molecular weight excluding hydrogens is 351 g/mol. The van der Waals surface area contributed by atoms with Gasteiger partial charge in [-0.15, -0.1) is 0 Å². The normalized spacial score (nSPS) is 10.8. The van der Waals surface area contributed by atoms with Crippen molar-refractivity contribution < 1.29 is 28.2 Å². The van der Waals surface area contributed by atoms with Gasteiger partial charge in [0.1, 0.15) is 23.7 Å². The van der Waals surface area contributed by atoms with E-state index in [1.807, 2.05) is 13.0 Å². The highest BCUT2D eigenvalue weighted by molar-refractivity contribution is 5.89. The van der Waals surface area contributed by atoms with Crippen molar-refractivity contribution in [2.75, 3.05) is 7.11 Å². The van der Waals surface area contributed by atoms with Crippen molar-refractivity contribution in [2.24, 2.45) is 0 Å². The van der Waals surface area contributed by atoms with Gasteiger partial charge in [-0.05, 0) is 36.3 Å². The van der Waals surface area contributed by atoms with Gasteiger partial charge < -0.3 is 19.0 Å². The molecule has 1 N–H and O–H groups in total. The molecule has 1 aromatic heterocycles. The molecule has 0 spiro atoms. The number of ether oxygens (including phenoxy) is 2. The average molecular weight is 370 g/mol. The summed E-state index contributed by atoms with van der Waals surface area (Å²) in [6.45, 7) is 5.89. The van der Waals surface area contributed by atoms with Crippen molar-refractivity contribution in [3.63, 3.8) is 0 Å². The van der Waals surface area contributed by atoms with Gasteiger partial charge in [0.15, 0.2) is 0 Å². The maximum atomic E-state index is 13.5. The lowest BCUT2D eigenvalue weighted by Gasteiger charge is -2.13. The smallest absolute Gasteiger partial charge is 0.307 e. The first-order chi connectivity index (χ1) is 12.9. The number of carbonyl (C=O) groups is 1. The Bertz CT molecular complexity index is 1020. The Hall–Kier alpha value is -3.28. The number of methoxy groups -OCH3 is 1. The van der Waals surface area contributed by atoms with E-state index in [0.717, 1.165) is 11.1 Å². The van der Waals surface area contributed by atoms with Crippen molar-refractivity contribution in [1.29, 1.82) is 0 Å². The average Bonchev–Trinajstić information content (AvgIpc) is 2.99. The van der Waals surface area contributed by atoms with E-state index in [1.165, 1.54) is 13.2 Å². The Morgan fingerprint density at radius 3 is 2.70 bits per heavy atom. The fraction of sp³-hybridized carbons (Fsp3) is 0.190. The molecule has 0 unspecified atom stereocenters. The standard InChI is InChI=1S/C21H19FO5/c1-12(2)17-7-13(6-15-8-19(22)27-21(15)17)11-26-18-10-16(25-3)5-4-14(18)9-20(23)24/h4-8,10H,1,9,11H2,2-3H3,(H,23,24). The van der Waals surface area contributed by atoms with E-state index in [9.17, 15) is 9.18 Å². The Labute approximate surface area is 155 Å². The molecule has 0 aliphatic heterocycles. The van der Waals surface area contributed by atoms with Crippen LogP contribution in [0.15, 0.2) is 47.4 Å². The molecule has 0 fully saturated rings. The number of carboxylic acids is 1. The summed E-state index contributed by atoms with van der Waals surface area (Å²) in [7, 11) is 1.52. The number of hydrogen-bond donors (Lipinski definition) is 1. The van der Waals surface area contributed by atoms with Crippen LogP contribution < -0.4 is 9.47 Å². The van der Waals surface area contributed by atoms with Gasteiger partial charge in [-0.3, -0.25) is 4.79 Å². The molecule has 27 heavy (non-hydrogen) atoms. The summed E-state index contributed by atoms with van der Waals surface area (Å²) in [5.74, 6) is 0.0334. The number of rotatable bonds is 7. The van der Waals surface area contributed by atoms with Gasteiger partial charge >= 0.3 is 5.97 Å². The van der Waals surface area contributed by atoms with Crippen molar-refractivity contribution >= 4 is 22.5 Å². The van der Waals surface area contributed by atoms with Crippen LogP contribution in [0.4, 0.5) is 4.39 Å². The largest absolute Gasteiger partial charge is 0.497 e. The first-order valence-corrected chi connectivity index (χ1v) is 8.26. The third-order valence-electron chi connectivity index (χ3n) is 4.12. The van der Waals surface area contributed by atoms with Crippen molar-refractivity contribution in [3.8, 4) is 11.5 Å². The molecule has 6 heteroatoms. The lowest BCUT2D eigenvalue weighted by atomic mass is 10.0. The second-order valence-corrected chi connectivity index (χ2v) is 6.23. The minimum absolute atomic E-state index is 0.164. The molecule has 0 radical (unpaired) electrons. The summed E-state index contributed by atoms with van der Waals surface area (Å²) in [5, 5.41) is 9.69. The Morgan fingerprint density at radius 2 is 2.04 bits per heavy atom. The van der Waals surface area contributed by atoms with Crippen molar-refractivity contribution in [3.05, 3.63) is 65.7 Å². The number of hydrogen-bond acceptors (Lipinski definition) is 4. The van der Waals surface area contributed by atoms with E-state index in [-0.39, 0.29) is 13.0 Å². The fourth-order valence-electron chi connectivity index (χ4n) is 2.85. The van der Waals surface area contributed by atoms with Crippen LogP contribution in [0.1, 0.15) is 23.6 Å². The highest BCUT2D eigenvalue weighted by Crippen LogP contribution is 2.30. The van der Waals surface area contributed by atoms with Crippen LogP contribution in [-0.4, -0.2) is 18.2 Å². The Kier molecular flexibility index (Phi) is 5.16. The summed E-state index contributed by atoms with van der Waals surface area (Å²) in [4.78, 5) is 11.1. The third kappa shape index (κ3) is 4.11. The molecule has 140 valence electrons. The molecule has 0 saturated heterocycles. The molecule has 2 aromatic carbocycles. The maximum Gasteiger partial charge on any atom is 0.307 e. The summed E-state index contributed by atoms with van der Waals surface area (Å²) in [5.41, 5.74) is 3.21. The summed E-state index contributed by atoms with van der Waals surface area (Å²) >= 11 is 0. The number of benzene rings is 2. The van der Waals surface area contributed by atoms with Crippen molar-refractivity contribution in [1.82, 2.24) is 0 Å². The first-order valence-electron chi connectivity index (χ1n) is 8.26. The highest BCUT2D eigenvalue weighted by Gasteiger charge is 2.13. The number of fused-ring (bicyclic) bond motifs is 1. The fourth-order valence-corrected chi connectivity index (χ4v) is 2.85. The predicted octanol–water partition coefficient (Wildman–Crippen LogP) is 4.82. The maximum absolute atomic E-state index is 13.5. The molecular formula is C21H19FO5. The number of halogens is 1.